The second kappa shape index (κ2) is 12.0. The molecule has 2 aromatic carbocycles. The summed E-state index contributed by atoms with van der Waals surface area (Å²) in [6.45, 7) is 10.5. The molecule has 0 bridgehead atoms. The lowest BCUT2D eigenvalue weighted by atomic mass is 9.69. The topological polar surface area (TPSA) is 83.2 Å². The zero-order chi connectivity index (χ0) is 31.7. The second-order valence-corrected chi connectivity index (χ2v) is 12.4. The highest BCUT2D eigenvalue weighted by molar-refractivity contribution is 6.01. The van der Waals surface area contributed by atoms with E-state index in [1.54, 1.807) is 11.0 Å². The van der Waals surface area contributed by atoms with E-state index in [-0.39, 0.29) is 35.8 Å². The van der Waals surface area contributed by atoms with Crippen molar-refractivity contribution in [2.24, 2.45) is 0 Å². The number of hydrogen-bond donors (Lipinski definition) is 1. The van der Waals surface area contributed by atoms with Crippen molar-refractivity contribution in [3.05, 3.63) is 82.8 Å². The van der Waals surface area contributed by atoms with Crippen LogP contribution in [0.15, 0.2) is 59.0 Å². The first-order chi connectivity index (χ1) is 20.0. The van der Waals surface area contributed by atoms with Crippen LogP contribution in [-0.2, 0) is 21.1 Å². The van der Waals surface area contributed by atoms with E-state index in [0.717, 1.165) is 35.7 Å². The Morgan fingerprint density at radius 1 is 1.07 bits per heavy atom. The van der Waals surface area contributed by atoms with Crippen LogP contribution >= 0.6 is 0 Å². The number of aromatic hydroxyl groups is 1. The number of carbonyl (C=O) groups is 2. The molecule has 3 heterocycles. The van der Waals surface area contributed by atoms with Crippen molar-refractivity contribution >= 4 is 17.6 Å². The summed E-state index contributed by atoms with van der Waals surface area (Å²) in [6.07, 6.45) is -2.83. The fourth-order valence-electron chi connectivity index (χ4n) is 5.67. The molecule has 43 heavy (non-hydrogen) atoms. The maximum Gasteiger partial charge on any atom is 0.449 e. The third kappa shape index (κ3) is 7.00. The zero-order valence-corrected chi connectivity index (χ0v) is 25.4. The van der Waals surface area contributed by atoms with Crippen LogP contribution in [0, 0.1) is 6.92 Å². The molecule has 0 spiro atoms. The van der Waals surface area contributed by atoms with Crippen molar-refractivity contribution < 1.29 is 37.0 Å². The molecule has 1 amide bonds. The molecule has 2 aliphatic heterocycles. The lowest BCUT2D eigenvalue weighted by Crippen LogP contribution is -2.46. The highest BCUT2D eigenvalue weighted by Crippen LogP contribution is 2.46. The lowest BCUT2D eigenvalue weighted by molar-refractivity contribution is -0.153. The van der Waals surface area contributed by atoms with Crippen LogP contribution in [0.5, 0.6) is 5.75 Å². The van der Waals surface area contributed by atoms with Gasteiger partial charge in [0.05, 0.1) is 12.0 Å². The smallest absolute Gasteiger partial charge is 0.449 e. The van der Waals surface area contributed by atoms with Gasteiger partial charge in [-0.05, 0) is 82.9 Å². The first-order valence-corrected chi connectivity index (χ1v) is 14.3. The van der Waals surface area contributed by atoms with Gasteiger partial charge in [-0.2, -0.15) is 13.2 Å². The van der Waals surface area contributed by atoms with E-state index in [4.69, 9.17) is 4.74 Å². The van der Waals surface area contributed by atoms with Crippen molar-refractivity contribution in [2.45, 2.75) is 70.6 Å². The quantitative estimate of drug-likeness (QED) is 0.329. The number of alkyl halides is 3. The predicted octanol–water partition coefficient (Wildman–Crippen LogP) is 7.44. The summed E-state index contributed by atoms with van der Waals surface area (Å²) >= 11 is 0. The number of hydrogen-bond acceptors (Lipinski definition) is 6. The molecule has 0 radical (unpaired) electrons. The number of benzene rings is 2. The van der Waals surface area contributed by atoms with E-state index in [9.17, 15) is 27.9 Å². The number of amides is 1. The summed E-state index contributed by atoms with van der Waals surface area (Å²) in [5.74, 6) is -0.382. The molecule has 10 heteroatoms. The van der Waals surface area contributed by atoms with Gasteiger partial charge < -0.3 is 24.1 Å². The minimum atomic E-state index is -4.35. The minimum Gasteiger partial charge on any atom is -0.508 e. The molecule has 2 atom stereocenters. The summed E-state index contributed by atoms with van der Waals surface area (Å²) in [6, 6.07) is 15.7. The van der Waals surface area contributed by atoms with Crippen LogP contribution in [0.25, 0.3) is 0 Å². The highest BCUT2D eigenvalue weighted by atomic mass is 19.4. The summed E-state index contributed by atoms with van der Waals surface area (Å²) < 4.78 is 45.0. The molecule has 1 aromatic heterocycles. The number of nitrogens with zero attached hydrogens (tertiary/aromatic N) is 2. The van der Waals surface area contributed by atoms with Gasteiger partial charge >= 0.3 is 12.3 Å². The Morgan fingerprint density at radius 3 is 2.37 bits per heavy atom. The minimum absolute atomic E-state index is 0.0511. The maximum absolute atomic E-state index is 13.4. The van der Waals surface area contributed by atoms with Gasteiger partial charge in [0.1, 0.15) is 17.1 Å². The fourth-order valence-corrected chi connectivity index (χ4v) is 5.67. The molecule has 0 saturated carbocycles. The summed E-state index contributed by atoms with van der Waals surface area (Å²) in [7, 11) is 1.92. The van der Waals surface area contributed by atoms with Crippen LogP contribution in [-0.4, -0.2) is 54.2 Å². The van der Waals surface area contributed by atoms with Crippen LogP contribution < -0.4 is 4.90 Å². The van der Waals surface area contributed by atoms with Crippen LogP contribution in [0.2, 0.25) is 0 Å². The number of Topliss-reactive ketones (excluding diaryl/α,β-unsaturated/α-hetero) is 1. The number of furan rings is 1. The van der Waals surface area contributed by atoms with Crippen LogP contribution in [0.1, 0.15) is 74.7 Å². The number of para-hydroxylation sites is 1. The van der Waals surface area contributed by atoms with Gasteiger partial charge in [0, 0.05) is 37.3 Å². The van der Waals surface area contributed by atoms with Gasteiger partial charge in [0.25, 0.3) is 0 Å². The van der Waals surface area contributed by atoms with Gasteiger partial charge in [-0.1, -0.05) is 30.3 Å². The van der Waals surface area contributed by atoms with Crippen molar-refractivity contribution in [2.75, 3.05) is 31.6 Å². The number of aryl methyl sites for hydroxylation is 1. The molecule has 2 aliphatic rings. The summed E-state index contributed by atoms with van der Waals surface area (Å²) in [5, 5.41) is 10.9. The summed E-state index contributed by atoms with van der Waals surface area (Å²) in [5.41, 5.74) is 2.07. The van der Waals surface area contributed by atoms with Gasteiger partial charge in [-0.25, -0.2) is 4.79 Å². The Balaban J connectivity index is 0.000000359. The molecule has 3 aromatic rings. The number of piperidine rings is 1. The van der Waals surface area contributed by atoms with Gasteiger partial charge in [-0.3, -0.25) is 4.79 Å². The van der Waals surface area contributed by atoms with Crippen LogP contribution in [0.4, 0.5) is 23.7 Å². The normalized spacial score (nSPS) is 20.7. The monoisotopic (exact) mass is 600 g/mol. The molecule has 0 aliphatic carbocycles. The number of likely N-dealkylation sites (tertiary alicyclic amines) is 1. The van der Waals surface area contributed by atoms with Crippen molar-refractivity contribution in [3.8, 4) is 5.75 Å². The number of phenolic OH excluding ortho intramolecular Hbond substituents is 1. The second-order valence-electron chi connectivity index (χ2n) is 12.4. The molecule has 7 nitrogen and oxygen atoms in total. The fraction of sp³-hybridized carbons (Fsp3) is 0.455. The molecule has 232 valence electrons. The van der Waals surface area contributed by atoms with E-state index in [0.29, 0.717) is 18.7 Å². The zero-order valence-electron chi connectivity index (χ0n) is 25.4. The van der Waals surface area contributed by atoms with Gasteiger partial charge in [-0.15, -0.1) is 0 Å². The highest BCUT2D eigenvalue weighted by Gasteiger charge is 2.44. The molecule has 2 unspecified atom stereocenters. The Labute approximate surface area is 250 Å². The van der Waals surface area contributed by atoms with E-state index in [1.807, 2.05) is 76.0 Å². The molecule has 1 fully saturated rings. The Bertz CT molecular complexity index is 1480. The number of rotatable bonds is 2. The average molecular weight is 601 g/mol. The van der Waals surface area contributed by atoms with E-state index >= 15 is 0 Å². The lowest BCUT2D eigenvalue weighted by Gasteiger charge is -2.40. The van der Waals surface area contributed by atoms with Crippen molar-refractivity contribution in [1.29, 1.82) is 0 Å². The van der Waals surface area contributed by atoms with Crippen LogP contribution in [0.3, 0.4) is 0 Å². The SMILES string of the molecule is CN1CC(=O)C(C)(c2cc(C3CCCN(C(=O)OC(C)(C)C)C3)ccc2O)c2ccccc21.Cc1ccc(C(F)(F)F)o1. The van der Waals surface area contributed by atoms with E-state index in [1.165, 1.54) is 13.0 Å². The Morgan fingerprint density at radius 2 is 1.77 bits per heavy atom. The van der Waals surface area contributed by atoms with E-state index < -0.39 is 23.0 Å². The molecule has 1 N–H and O–H groups in total. The standard InChI is InChI=1S/C27H34N2O4.C6H5F3O/c1-26(2,3)33-25(32)29-14-8-9-19(16-29)18-12-13-23(30)21(15-18)27(4)20-10-6-7-11-22(20)28(5)17-24(27)31;1-4-2-3-5(10-4)6(7,8)9/h6-7,10-13,15,19,30H,8-9,14,16-17H2,1-5H3;2-3H,1H3. The van der Waals surface area contributed by atoms with Crippen molar-refractivity contribution in [1.82, 2.24) is 4.90 Å². The number of halogens is 3. The Hall–Kier alpha value is -3.95. The van der Waals surface area contributed by atoms with Gasteiger partial charge in [0.15, 0.2) is 5.78 Å². The van der Waals surface area contributed by atoms with E-state index in [2.05, 4.69) is 4.42 Å². The maximum atomic E-state index is 13.4. The summed E-state index contributed by atoms with van der Waals surface area (Å²) in [4.78, 5) is 29.7. The average Bonchev–Trinajstić information content (AvgIpc) is 3.39. The Kier molecular flexibility index (Phi) is 8.90. The number of fused-ring (bicyclic) bond motifs is 1. The molecular formula is C33H39F3N2O5. The number of carbonyl (C=O) groups excluding carboxylic acids is 2. The number of likely N-dealkylation sites (N-methyl/N-ethyl adjacent to an activating group) is 1. The first kappa shape index (κ1) is 32.0. The molecule has 1 saturated heterocycles. The van der Waals surface area contributed by atoms with Crippen molar-refractivity contribution in [3.63, 3.8) is 0 Å². The number of phenols is 1. The number of ketones is 1. The molecule has 5 rings (SSSR count). The third-order valence-electron chi connectivity index (χ3n) is 7.92. The van der Waals surface area contributed by atoms with Gasteiger partial charge in [0.2, 0.25) is 5.76 Å². The first-order valence-electron chi connectivity index (χ1n) is 14.3. The largest absolute Gasteiger partial charge is 0.508 e. The molecular weight excluding hydrogens is 561 g/mol. The number of ether oxygens (including phenoxy) is 1. The third-order valence-corrected chi connectivity index (χ3v) is 7.92. The number of anilines is 1. The predicted molar refractivity (Wildman–Crippen MR) is 158 cm³/mol.